The van der Waals surface area contributed by atoms with Crippen LogP contribution < -0.4 is 27.4 Å². The highest BCUT2D eigenvalue weighted by Gasteiger charge is 2.32. The third-order valence-electron chi connectivity index (χ3n) is 4.10. The highest BCUT2D eigenvalue weighted by atomic mass is 16.4. The first-order valence-electron chi connectivity index (χ1n) is 9.30. The number of primary amides is 1. The Bertz CT molecular complexity index is 697. The van der Waals surface area contributed by atoms with Crippen molar-refractivity contribution in [1.29, 1.82) is 0 Å². The molecule has 0 aliphatic rings. The first-order chi connectivity index (χ1) is 14.3. The van der Waals surface area contributed by atoms with Crippen LogP contribution in [0.3, 0.4) is 0 Å². The van der Waals surface area contributed by atoms with Crippen molar-refractivity contribution in [2.45, 2.75) is 57.3 Å². The molecule has 0 fully saturated rings. The van der Waals surface area contributed by atoms with Gasteiger partial charge in [0, 0.05) is 6.42 Å². The summed E-state index contributed by atoms with van der Waals surface area (Å²) in [5, 5.41) is 33.8. The second-order valence-corrected chi connectivity index (χ2v) is 7.08. The number of carboxylic acid groups (broad SMARTS) is 2. The average molecular weight is 447 g/mol. The molecular weight excluding hydrogens is 418 g/mol. The maximum atomic E-state index is 12.4. The van der Waals surface area contributed by atoms with Gasteiger partial charge < -0.3 is 42.7 Å². The number of aliphatic hydroxyl groups is 1. The van der Waals surface area contributed by atoms with E-state index in [-0.39, 0.29) is 12.8 Å². The van der Waals surface area contributed by atoms with Crippen molar-refractivity contribution in [2.75, 3.05) is 6.61 Å². The topological polar surface area (TPSA) is 251 Å². The van der Waals surface area contributed by atoms with Crippen LogP contribution in [0.25, 0.3) is 0 Å². The highest BCUT2D eigenvalue weighted by Crippen LogP contribution is 2.04. The smallest absolute Gasteiger partial charge is 0.326 e. The average Bonchev–Trinajstić information content (AvgIpc) is 2.66. The van der Waals surface area contributed by atoms with Crippen LogP contribution in [0.1, 0.15) is 33.1 Å². The fourth-order valence-corrected chi connectivity index (χ4v) is 2.33. The van der Waals surface area contributed by atoms with Gasteiger partial charge in [-0.2, -0.15) is 0 Å². The molecule has 0 heterocycles. The first-order valence-corrected chi connectivity index (χ1v) is 9.30. The standard InChI is InChI=1S/C17H29N5O9/c1-7(2)13(17(30)31)22-15(28)9(5-12(25)26)20-16(29)10(6-23)21-14(27)8(18)3-4-11(19)24/h7-10,13,23H,3-6,18H2,1-2H3,(H2,19,24)(H,20,29)(H,21,27)(H,22,28)(H,25,26)(H,30,31)/t8-,9-,10-,13-/m0/s1. The largest absolute Gasteiger partial charge is 0.481 e. The van der Waals surface area contributed by atoms with Crippen molar-refractivity contribution >= 4 is 35.6 Å². The van der Waals surface area contributed by atoms with Gasteiger partial charge in [0.15, 0.2) is 0 Å². The highest BCUT2D eigenvalue weighted by molar-refractivity contribution is 5.95. The fourth-order valence-electron chi connectivity index (χ4n) is 2.33. The molecule has 0 unspecified atom stereocenters. The molecule has 0 aromatic rings. The Morgan fingerprint density at radius 1 is 0.871 bits per heavy atom. The Labute approximate surface area is 177 Å². The van der Waals surface area contributed by atoms with Crippen molar-refractivity contribution in [3.05, 3.63) is 0 Å². The van der Waals surface area contributed by atoms with Gasteiger partial charge in [-0.3, -0.25) is 24.0 Å². The van der Waals surface area contributed by atoms with E-state index < -0.39 is 78.7 Å². The maximum absolute atomic E-state index is 12.4. The van der Waals surface area contributed by atoms with Gasteiger partial charge in [-0.15, -0.1) is 0 Å². The predicted molar refractivity (Wildman–Crippen MR) is 104 cm³/mol. The van der Waals surface area contributed by atoms with Crippen molar-refractivity contribution in [1.82, 2.24) is 16.0 Å². The minimum atomic E-state index is -1.68. The van der Waals surface area contributed by atoms with Gasteiger partial charge >= 0.3 is 11.9 Å². The molecule has 4 atom stereocenters. The van der Waals surface area contributed by atoms with Gasteiger partial charge in [-0.05, 0) is 12.3 Å². The number of rotatable bonds is 14. The van der Waals surface area contributed by atoms with Crippen LogP contribution in [0.5, 0.6) is 0 Å². The Hall–Kier alpha value is -3.26. The summed E-state index contributed by atoms with van der Waals surface area (Å²) in [5.74, 6) is -7.10. The monoisotopic (exact) mass is 447 g/mol. The number of hydrogen-bond acceptors (Lipinski definition) is 8. The van der Waals surface area contributed by atoms with E-state index in [4.69, 9.17) is 21.7 Å². The first kappa shape index (κ1) is 27.7. The van der Waals surface area contributed by atoms with Gasteiger partial charge in [0.25, 0.3) is 0 Å². The van der Waals surface area contributed by atoms with E-state index in [2.05, 4.69) is 16.0 Å². The molecule has 4 amide bonds. The van der Waals surface area contributed by atoms with Gasteiger partial charge in [-0.25, -0.2) is 4.79 Å². The Balaban J connectivity index is 5.23. The lowest BCUT2D eigenvalue weighted by Crippen LogP contribution is -2.58. The van der Waals surface area contributed by atoms with Crippen molar-refractivity contribution in [2.24, 2.45) is 17.4 Å². The summed E-state index contributed by atoms with van der Waals surface area (Å²) < 4.78 is 0. The number of nitrogens with two attached hydrogens (primary N) is 2. The van der Waals surface area contributed by atoms with Crippen LogP contribution in [0.15, 0.2) is 0 Å². The van der Waals surface area contributed by atoms with E-state index in [1.54, 1.807) is 0 Å². The zero-order valence-corrected chi connectivity index (χ0v) is 17.2. The Morgan fingerprint density at radius 3 is 1.81 bits per heavy atom. The minimum Gasteiger partial charge on any atom is -0.481 e. The molecule has 0 bridgehead atoms. The normalized spacial score (nSPS) is 14.6. The van der Waals surface area contributed by atoms with E-state index in [1.807, 2.05) is 0 Å². The summed E-state index contributed by atoms with van der Waals surface area (Å²) in [7, 11) is 0. The van der Waals surface area contributed by atoms with Gasteiger partial charge in [-0.1, -0.05) is 13.8 Å². The molecule has 0 aliphatic carbocycles. The lowest BCUT2D eigenvalue weighted by Gasteiger charge is -2.24. The lowest BCUT2D eigenvalue weighted by molar-refractivity contribution is -0.144. The zero-order valence-electron chi connectivity index (χ0n) is 17.2. The van der Waals surface area contributed by atoms with Crippen LogP contribution in [0, 0.1) is 5.92 Å². The van der Waals surface area contributed by atoms with E-state index in [1.165, 1.54) is 13.8 Å². The molecule has 0 aliphatic heterocycles. The van der Waals surface area contributed by atoms with E-state index in [0.717, 1.165) is 0 Å². The Kier molecular flexibility index (Phi) is 11.7. The van der Waals surface area contributed by atoms with Gasteiger partial charge in [0.1, 0.15) is 18.1 Å². The molecule has 0 rings (SSSR count). The second-order valence-electron chi connectivity index (χ2n) is 7.08. The molecule has 0 radical (unpaired) electrons. The van der Waals surface area contributed by atoms with Crippen LogP contribution in [-0.2, 0) is 28.8 Å². The lowest BCUT2D eigenvalue weighted by atomic mass is 10.0. The van der Waals surface area contributed by atoms with Crippen LogP contribution >= 0.6 is 0 Å². The van der Waals surface area contributed by atoms with Crippen molar-refractivity contribution < 1.29 is 44.1 Å². The number of amides is 4. The molecule has 0 aromatic carbocycles. The summed E-state index contributed by atoms with van der Waals surface area (Å²) in [6.45, 7) is 2.12. The summed E-state index contributed by atoms with van der Waals surface area (Å²) >= 11 is 0. The molecule has 14 nitrogen and oxygen atoms in total. The van der Waals surface area contributed by atoms with Gasteiger partial charge in [0.2, 0.25) is 23.6 Å². The molecule has 0 spiro atoms. The van der Waals surface area contributed by atoms with Crippen molar-refractivity contribution in [3.63, 3.8) is 0 Å². The number of aliphatic carboxylic acids is 2. The summed E-state index contributed by atoms with van der Waals surface area (Å²) in [6, 6.07) is -5.82. The molecule has 0 saturated heterocycles. The predicted octanol–water partition coefficient (Wildman–Crippen LogP) is -3.76. The third kappa shape index (κ3) is 10.4. The SMILES string of the molecule is CC(C)[C@H](NC(=O)[C@H](CC(=O)O)NC(=O)[C@H](CO)NC(=O)[C@@H](N)CCC(N)=O)C(=O)O. The number of carboxylic acids is 2. The molecule has 14 heteroatoms. The second kappa shape index (κ2) is 13.1. The van der Waals surface area contributed by atoms with Gasteiger partial charge in [0.05, 0.1) is 19.1 Å². The molecule has 0 aromatic heterocycles. The molecule has 10 N–H and O–H groups in total. The van der Waals surface area contributed by atoms with E-state index in [0.29, 0.717) is 0 Å². The number of carbonyl (C=O) groups excluding carboxylic acids is 4. The maximum Gasteiger partial charge on any atom is 0.326 e. The number of aliphatic hydroxyl groups excluding tert-OH is 1. The van der Waals surface area contributed by atoms with Crippen LogP contribution in [0.2, 0.25) is 0 Å². The summed E-state index contributed by atoms with van der Waals surface area (Å²) in [6.07, 6.45) is -1.19. The number of nitrogens with one attached hydrogen (secondary N) is 3. The summed E-state index contributed by atoms with van der Waals surface area (Å²) in [5.41, 5.74) is 10.5. The molecule has 31 heavy (non-hydrogen) atoms. The number of carbonyl (C=O) groups is 6. The summed E-state index contributed by atoms with van der Waals surface area (Å²) in [4.78, 5) is 69.8. The quantitative estimate of drug-likeness (QED) is 0.129. The molecular formula is C17H29N5O9. The van der Waals surface area contributed by atoms with E-state index in [9.17, 15) is 33.9 Å². The van der Waals surface area contributed by atoms with Crippen molar-refractivity contribution in [3.8, 4) is 0 Å². The number of hydrogen-bond donors (Lipinski definition) is 8. The molecule has 176 valence electrons. The van der Waals surface area contributed by atoms with Crippen LogP contribution in [0.4, 0.5) is 0 Å². The fraction of sp³-hybridized carbons (Fsp3) is 0.647. The van der Waals surface area contributed by atoms with E-state index >= 15 is 0 Å². The Morgan fingerprint density at radius 2 is 1.39 bits per heavy atom. The minimum absolute atomic E-state index is 0.114. The zero-order chi connectivity index (χ0) is 24.3. The molecule has 0 saturated carbocycles. The third-order valence-corrected chi connectivity index (χ3v) is 4.10. The van der Waals surface area contributed by atoms with Crippen LogP contribution in [-0.4, -0.2) is 81.7 Å².